The standard InChI is InChI=1S/C4HO2P2S/c5-7-3-1-2-4(9-3)8(1,2)6/h6H/q+1. The van der Waals surface area contributed by atoms with E-state index < -0.39 is 7.49 Å². The van der Waals surface area contributed by atoms with Crippen LogP contribution in [0.25, 0.3) is 0 Å². The fourth-order valence-corrected chi connectivity index (χ4v) is 7.78. The van der Waals surface area contributed by atoms with Crippen molar-refractivity contribution < 1.29 is 9.46 Å². The summed E-state index contributed by atoms with van der Waals surface area (Å²) >= 11 is 1.51. The van der Waals surface area contributed by atoms with Crippen LogP contribution < -0.4 is 19.8 Å². The molecule has 5 heteroatoms. The van der Waals surface area contributed by atoms with E-state index in [1.54, 1.807) is 0 Å². The lowest BCUT2D eigenvalue weighted by atomic mass is 10.7. The molecule has 1 unspecified atom stereocenters. The number of rotatable bonds is 1. The molecule has 2 bridgehead atoms. The van der Waals surface area contributed by atoms with Gasteiger partial charge in [-0.15, -0.1) is 0 Å². The lowest BCUT2D eigenvalue weighted by Crippen LogP contribution is -2.05. The molecule has 1 atom stereocenters. The molecule has 0 fully saturated rings. The maximum absolute atomic E-state index is 10.3. The Labute approximate surface area is 57.1 Å². The molecule has 0 radical (unpaired) electrons. The van der Waals surface area contributed by atoms with E-state index in [1.807, 2.05) is 0 Å². The summed E-state index contributed by atoms with van der Waals surface area (Å²) in [6.45, 7) is 0. The zero-order chi connectivity index (χ0) is 6.22. The monoisotopic (exact) mass is 175 g/mol. The van der Waals surface area contributed by atoms with Crippen LogP contribution in [-0.2, 0) is 4.57 Å². The zero-order valence-electron chi connectivity index (χ0n) is 4.16. The second kappa shape index (κ2) is 1.04. The molecule has 44 valence electrons. The fourth-order valence-electron chi connectivity index (χ4n) is 1.16. The second-order valence-corrected chi connectivity index (χ2v) is 7.00. The van der Waals surface area contributed by atoms with Crippen LogP contribution in [-0.4, -0.2) is 4.89 Å². The highest BCUT2D eigenvalue weighted by atomic mass is 32.1. The number of hydrogen-bond acceptors (Lipinski definition) is 3. The molecule has 0 amide bonds. The highest BCUT2D eigenvalue weighted by molar-refractivity contribution is 8.17. The summed E-state index contributed by atoms with van der Waals surface area (Å²) in [4.78, 5) is 9.42. The molecule has 3 aliphatic rings. The molecule has 1 aromatic rings. The normalized spacial score (nSPS) is 32.6. The van der Waals surface area contributed by atoms with Crippen LogP contribution >= 0.6 is 27.3 Å². The molecule has 0 aromatic carbocycles. The predicted molar refractivity (Wildman–Crippen MR) is 39.6 cm³/mol. The van der Waals surface area contributed by atoms with Gasteiger partial charge in [0.1, 0.15) is 4.62 Å². The molecule has 4 rings (SSSR count). The Morgan fingerprint density at radius 1 is 1.56 bits per heavy atom. The summed E-state index contributed by atoms with van der Waals surface area (Å²) in [6.07, 6.45) is 0. The van der Waals surface area contributed by atoms with Gasteiger partial charge in [-0.1, -0.05) is 11.3 Å². The minimum absolute atomic E-state index is 0.0870. The lowest BCUT2D eigenvalue weighted by molar-refractivity contribution is 0.603. The Bertz CT molecular complexity index is 338. The lowest BCUT2D eigenvalue weighted by Gasteiger charge is -1.69. The third-order valence-corrected chi connectivity index (χ3v) is 7.53. The van der Waals surface area contributed by atoms with Gasteiger partial charge in [-0.25, -0.2) is 4.89 Å². The van der Waals surface area contributed by atoms with Crippen LogP contribution in [0, 0.1) is 0 Å². The molecule has 0 spiro atoms. The van der Waals surface area contributed by atoms with Crippen molar-refractivity contribution in [1.29, 1.82) is 0 Å². The predicted octanol–water partition coefficient (Wildman–Crippen LogP) is -0.507. The van der Waals surface area contributed by atoms with Gasteiger partial charge in [0.05, 0.1) is 0 Å². The first-order valence-electron chi connectivity index (χ1n) is 2.44. The third kappa shape index (κ3) is 0.303. The summed E-state index contributed by atoms with van der Waals surface area (Å²) in [7, 11) is -1.56. The molecule has 0 aliphatic carbocycles. The summed E-state index contributed by atoms with van der Waals surface area (Å²) in [5, 5.41) is 2.23. The zero-order valence-corrected chi connectivity index (χ0v) is 6.76. The summed E-state index contributed by atoms with van der Waals surface area (Å²) in [6, 6.07) is 0. The van der Waals surface area contributed by atoms with Crippen LogP contribution in [0.15, 0.2) is 0 Å². The first-order chi connectivity index (χ1) is 4.30. The van der Waals surface area contributed by atoms with Crippen LogP contribution in [0.5, 0.6) is 0 Å². The van der Waals surface area contributed by atoms with Crippen LogP contribution in [0.2, 0.25) is 0 Å². The number of hydrogen-bond donors (Lipinski definition) is 1. The van der Waals surface area contributed by atoms with Gasteiger partial charge in [0, 0.05) is 0 Å². The van der Waals surface area contributed by atoms with Gasteiger partial charge in [0.15, 0.2) is 0 Å². The van der Waals surface area contributed by atoms with E-state index in [9.17, 15) is 9.46 Å². The maximum atomic E-state index is 10.3. The van der Waals surface area contributed by atoms with Gasteiger partial charge in [0.2, 0.25) is 23.7 Å². The molecular weight excluding hydrogens is 174 g/mol. The van der Waals surface area contributed by atoms with Gasteiger partial charge in [-0.2, -0.15) is 0 Å². The van der Waals surface area contributed by atoms with Gasteiger partial charge >= 0.3 is 0 Å². The molecular formula is C4HO2P2S+. The van der Waals surface area contributed by atoms with Crippen molar-refractivity contribution in [3.63, 3.8) is 0 Å². The van der Waals surface area contributed by atoms with Gasteiger partial charge in [-0.3, -0.25) is 4.57 Å². The summed E-state index contributed by atoms with van der Waals surface area (Å²) in [5.74, 6) is 0. The number of thiophene rings is 1. The molecule has 3 aliphatic heterocycles. The average molecular weight is 175 g/mol. The SMILES string of the molecule is O=Pc1sc2c3c1[P+]23O. The van der Waals surface area contributed by atoms with E-state index in [4.69, 9.17) is 0 Å². The Balaban J connectivity index is 2.39. The maximum Gasteiger partial charge on any atom is 0.269 e. The Morgan fingerprint density at radius 2 is 2.22 bits per heavy atom. The van der Waals surface area contributed by atoms with Crippen molar-refractivity contribution in [3.05, 3.63) is 0 Å². The first-order valence-corrected chi connectivity index (χ1v) is 5.81. The molecule has 4 heterocycles. The van der Waals surface area contributed by atoms with E-state index in [-0.39, 0.29) is 8.46 Å². The van der Waals surface area contributed by atoms with Crippen molar-refractivity contribution in [2.24, 2.45) is 0 Å². The minimum Gasteiger partial charge on any atom is -0.268 e. The van der Waals surface area contributed by atoms with Crippen molar-refractivity contribution in [2.45, 2.75) is 0 Å². The van der Waals surface area contributed by atoms with E-state index in [0.29, 0.717) is 0 Å². The Morgan fingerprint density at radius 3 is 2.44 bits per heavy atom. The molecule has 1 aromatic heterocycles. The molecule has 1 N–H and O–H groups in total. The van der Waals surface area contributed by atoms with Crippen LogP contribution in [0.4, 0.5) is 0 Å². The fraction of sp³-hybridized carbons (Fsp3) is 0. The first kappa shape index (κ1) is 4.92. The molecule has 2 nitrogen and oxygen atoms in total. The van der Waals surface area contributed by atoms with Crippen LogP contribution in [0.1, 0.15) is 0 Å². The van der Waals surface area contributed by atoms with Gasteiger partial charge < -0.3 is 0 Å². The van der Waals surface area contributed by atoms with Crippen molar-refractivity contribution >= 4 is 47.1 Å². The quantitative estimate of drug-likeness (QED) is 0.584. The van der Waals surface area contributed by atoms with Gasteiger partial charge in [0.25, 0.3) is 7.49 Å². The highest BCUT2D eigenvalue weighted by Crippen LogP contribution is 2.76. The molecule has 0 saturated carbocycles. The van der Waals surface area contributed by atoms with Crippen molar-refractivity contribution in [2.75, 3.05) is 0 Å². The summed E-state index contributed by atoms with van der Waals surface area (Å²) in [5.41, 5.74) is 0. The van der Waals surface area contributed by atoms with Crippen molar-refractivity contribution in [3.8, 4) is 0 Å². The topological polar surface area (TPSA) is 37.3 Å². The van der Waals surface area contributed by atoms with E-state index >= 15 is 0 Å². The smallest absolute Gasteiger partial charge is 0.268 e. The summed E-state index contributed by atoms with van der Waals surface area (Å²) < 4.78 is 12.3. The second-order valence-electron chi connectivity index (χ2n) is 2.14. The Hall–Kier alpha value is 0.190. The van der Waals surface area contributed by atoms with E-state index in [0.717, 1.165) is 14.5 Å². The molecule has 9 heavy (non-hydrogen) atoms. The highest BCUT2D eigenvalue weighted by Gasteiger charge is 2.89. The van der Waals surface area contributed by atoms with Gasteiger partial charge in [-0.05, 0) is 0 Å². The van der Waals surface area contributed by atoms with Crippen LogP contribution in [0.3, 0.4) is 0 Å². The minimum atomic E-state index is -1.65. The largest absolute Gasteiger partial charge is 0.269 e. The Kier molecular flexibility index (Phi) is 0.568. The third-order valence-electron chi connectivity index (χ3n) is 1.75. The van der Waals surface area contributed by atoms with E-state index in [2.05, 4.69) is 0 Å². The number of fused-ring (bicyclic) bond motifs is 1. The average Bonchev–Trinajstić information content (AvgIpc) is 2.56. The molecule has 0 saturated heterocycles. The van der Waals surface area contributed by atoms with E-state index in [1.165, 1.54) is 16.6 Å². The van der Waals surface area contributed by atoms with Crippen molar-refractivity contribution in [1.82, 2.24) is 0 Å².